The van der Waals surface area contributed by atoms with Crippen molar-refractivity contribution >= 4 is 53.9 Å². The quantitative estimate of drug-likeness (QED) is 0.162. The Kier molecular flexibility index (Phi) is 7.57. The van der Waals surface area contributed by atoms with Crippen molar-refractivity contribution in [3.05, 3.63) is 213 Å². The fourth-order valence-electron chi connectivity index (χ4n) is 9.01. The Bertz CT molecular complexity index is 3210. The molecule has 10 aromatic carbocycles. The molecule has 11 rings (SSSR count). The maximum atomic E-state index is 4.66. The van der Waals surface area contributed by atoms with Crippen LogP contribution in [-0.2, 0) is 0 Å². The van der Waals surface area contributed by atoms with Gasteiger partial charge in [-0.3, -0.25) is 4.98 Å². The van der Waals surface area contributed by atoms with Crippen LogP contribution < -0.4 is 0 Å². The maximum absolute atomic E-state index is 4.66. The maximum Gasteiger partial charge on any atom is 0.0353 e. The smallest absolute Gasteiger partial charge is 0.0353 e. The Hall–Kier alpha value is -7.35. The van der Waals surface area contributed by atoms with Gasteiger partial charge >= 0.3 is 0 Å². The molecule has 0 aliphatic rings. The zero-order valence-corrected chi connectivity index (χ0v) is 30.7. The average Bonchev–Trinajstić information content (AvgIpc) is 3.27. The van der Waals surface area contributed by atoms with Crippen LogP contribution in [0, 0.1) is 0 Å². The molecule has 56 heavy (non-hydrogen) atoms. The summed E-state index contributed by atoms with van der Waals surface area (Å²) in [5.74, 6) is 0. The van der Waals surface area contributed by atoms with Gasteiger partial charge in [0.1, 0.15) is 0 Å². The van der Waals surface area contributed by atoms with E-state index in [1.807, 2.05) is 12.4 Å². The average molecular weight is 710 g/mol. The molecule has 0 aliphatic heterocycles. The highest BCUT2D eigenvalue weighted by atomic mass is 14.6. The van der Waals surface area contributed by atoms with Crippen molar-refractivity contribution in [2.75, 3.05) is 0 Å². The highest BCUT2D eigenvalue weighted by Crippen LogP contribution is 2.46. The molecule has 1 heterocycles. The molecule has 1 aromatic heterocycles. The Balaban J connectivity index is 1.11. The molecular weight excluding hydrogens is 675 g/mol. The van der Waals surface area contributed by atoms with E-state index in [9.17, 15) is 0 Å². The number of rotatable bonds is 5. The van der Waals surface area contributed by atoms with Gasteiger partial charge in [-0.2, -0.15) is 0 Å². The zero-order valence-electron chi connectivity index (χ0n) is 30.7. The first-order chi connectivity index (χ1) is 27.8. The number of hydrogen-bond donors (Lipinski definition) is 0. The third-order valence-corrected chi connectivity index (χ3v) is 11.5. The molecular formula is C55H35N. The van der Waals surface area contributed by atoms with Crippen LogP contribution in [0.15, 0.2) is 213 Å². The predicted molar refractivity (Wildman–Crippen MR) is 239 cm³/mol. The standard InChI is InChI=1S/C55H35N/c1-3-14-38(15-4-1)52-44-19-9-11-21-46(44)53(47-22-12-10-20-45(47)52)40-26-23-37(24-27-40)42-29-30-48-50(34-42)54(39-16-5-2-6-17-39)49-31-32-56-35-51(49)55(48)43-28-25-36-13-7-8-18-41(36)33-43/h1-35H. The largest absolute Gasteiger partial charge is 0.264 e. The van der Waals surface area contributed by atoms with Crippen molar-refractivity contribution in [1.29, 1.82) is 0 Å². The van der Waals surface area contributed by atoms with Gasteiger partial charge in [-0.25, -0.2) is 0 Å². The van der Waals surface area contributed by atoms with Gasteiger partial charge in [0.25, 0.3) is 0 Å². The Morgan fingerprint density at radius 2 is 0.661 bits per heavy atom. The van der Waals surface area contributed by atoms with Crippen molar-refractivity contribution in [1.82, 2.24) is 4.98 Å². The molecule has 0 saturated heterocycles. The molecule has 11 aromatic rings. The topological polar surface area (TPSA) is 12.9 Å². The molecule has 0 fully saturated rings. The molecule has 0 bridgehead atoms. The summed E-state index contributed by atoms with van der Waals surface area (Å²) < 4.78 is 0. The minimum absolute atomic E-state index is 1.16. The minimum Gasteiger partial charge on any atom is -0.264 e. The molecule has 0 spiro atoms. The predicted octanol–water partition coefficient (Wildman–Crippen LogP) is 15.2. The van der Waals surface area contributed by atoms with E-state index < -0.39 is 0 Å². The second-order valence-electron chi connectivity index (χ2n) is 14.6. The number of benzene rings is 10. The number of hydrogen-bond acceptors (Lipinski definition) is 1. The summed E-state index contributed by atoms with van der Waals surface area (Å²) in [6.07, 6.45) is 3.96. The molecule has 1 nitrogen and oxygen atoms in total. The van der Waals surface area contributed by atoms with E-state index in [0.29, 0.717) is 0 Å². The summed E-state index contributed by atoms with van der Waals surface area (Å²) in [5.41, 5.74) is 12.2. The molecule has 0 radical (unpaired) electrons. The van der Waals surface area contributed by atoms with E-state index in [1.54, 1.807) is 0 Å². The first kappa shape index (κ1) is 32.1. The molecule has 0 unspecified atom stereocenters. The van der Waals surface area contributed by atoms with Crippen LogP contribution in [-0.4, -0.2) is 4.98 Å². The molecule has 0 aliphatic carbocycles. The van der Waals surface area contributed by atoms with Gasteiger partial charge in [-0.1, -0.05) is 182 Å². The van der Waals surface area contributed by atoms with E-state index in [2.05, 4.69) is 205 Å². The molecule has 0 saturated carbocycles. The van der Waals surface area contributed by atoms with Crippen LogP contribution in [0.1, 0.15) is 0 Å². The fraction of sp³-hybridized carbons (Fsp3) is 0. The van der Waals surface area contributed by atoms with E-state index in [0.717, 1.165) is 5.39 Å². The fourth-order valence-corrected chi connectivity index (χ4v) is 9.01. The summed E-state index contributed by atoms with van der Waals surface area (Å²) in [7, 11) is 0. The number of aromatic nitrogens is 1. The molecule has 0 N–H and O–H groups in total. The minimum atomic E-state index is 1.16. The lowest BCUT2D eigenvalue weighted by molar-refractivity contribution is 1.37. The highest BCUT2D eigenvalue weighted by Gasteiger charge is 2.19. The lowest BCUT2D eigenvalue weighted by Gasteiger charge is -2.19. The van der Waals surface area contributed by atoms with Crippen LogP contribution in [0.4, 0.5) is 0 Å². The van der Waals surface area contributed by atoms with Gasteiger partial charge in [0.05, 0.1) is 0 Å². The van der Waals surface area contributed by atoms with Crippen molar-refractivity contribution < 1.29 is 0 Å². The van der Waals surface area contributed by atoms with E-state index >= 15 is 0 Å². The van der Waals surface area contributed by atoms with Gasteiger partial charge in [-0.05, 0) is 122 Å². The van der Waals surface area contributed by atoms with E-state index in [-0.39, 0.29) is 0 Å². The first-order valence-corrected chi connectivity index (χ1v) is 19.3. The summed E-state index contributed by atoms with van der Waals surface area (Å²) in [5, 5.41) is 12.3. The van der Waals surface area contributed by atoms with Crippen molar-refractivity contribution in [2.45, 2.75) is 0 Å². The zero-order chi connectivity index (χ0) is 37.0. The molecule has 0 atom stereocenters. The van der Waals surface area contributed by atoms with Crippen molar-refractivity contribution in [3.63, 3.8) is 0 Å². The molecule has 260 valence electrons. The van der Waals surface area contributed by atoms with E-state index in [4.69, 9.17) is 0 Å². The summed E-state index contributed by atoms with van der Waals surface area (Å²) >= 11 is 0. The normalized spacial score (nSPS) is 11.6. The van der Waals surface area contributed by atoms with Crippen LogP contribution in [0.5, 0.6) is 0 Å². The van der Waals surface area contributed by atoms with Gasteiger partial charge < -0.3 is 0 Å². The van der Waals surface area contributed by atoms with E-state index in [1.165, 1.54) is 104 Å². The summed E-state index contributed by atoms with van der Waals surface area (Å²) in [4.78, 5) is 4.66. The Labute approximate surface area is 325 Å². The second kappa shape index (κ2) is 13.2. The monoisotopic (exact) mass is 709 g/mol. The summed E-state index contributed by atoms with van der Waals surface area (Å²) in [6.45, 7) is 0. The van der Waals surface area contributed by atoms with Gasteiger partial charge in [0, 0.05) is 17.8 Å². The van der Waals surface area contributed by atoms with Crippen molar-refractivity contribution in [2.24, 2.45) is 0 Å². The molecule has 0 amide bonds. The Morgan fingerprint density at radius 3 is 1.29 bits per heavy atom. The van der Waals surface area contributed by atoms with Crippen LogP contribution >= 0.6 is 0 Å². The number of fused-ring (bicyclic) bond motifs is 5. The van der Waals surface area contributed by atoms with Gasteiger partial charge in [-0.15, -0.1) is 0 Å². The number of nitrogens with zero attached hydrogens (tertiary/aromatic N) is 1. The van der Waals surface area contributed by atoms with Gasteiger partial charge in [0.15, 0.2) is 0 Å². The second-order valence-corrected chi connectivity index (χ2v) is 14.6. The molecule has 1 heteroatoms. The SMILES string of the molecule is c1ccc(-c2c3ccccc3c(-c3ccc(-c4ccc5c(-c6ccc7ccccc7c6)c6cnccc6c(-c6ccccc6)c5c4)cc3)c3ccccc23)cc1. The highest BCUT2D eigenvalue weighted by molar-refractivity contribution is 6.23. The third-order valence-electron chi connectivity index (χ3n) is 11.5. The number of pyridine rings is 1. The van der Waals surface area contributed by atoms with Crippen LogP contribution in [0.25, 0.3) is 109 Å². The Morgan fingerprint density at radius 1 is 0.232 bits per heavy atom. The summed E-state index contributed by atoms with van der Waals surface area (Å²) in [6, 6.07) is 73.2. The lowest BCUT2D eigenvalue weighted by atomic mass is 9.84. The first-order valence-electron chi connectivity index (χ1n) is 19.3. The van der Waals surface area contributed by atoms with Gasteiger partial charge in [0.2, 0.25) is 0 Å². The third kappa shape index (κ3) is 5.21. The lowest BCUT2D eigenvalue weighted by Crippen LogP contribution is -1.93. The van der Waals surface area contributed by atoms with Crippen molar-refractivity contribution in [3.8, 4) is 55.6 Å². The van der Waals surface area contributed by atoms with Crippen LogP contribution in [0.3, 0.4) is 0 Å². The van der Waals surface area contributed by atoms with Crippen LogP contribution in [0.2, 0.25) is 0 Å².